The second kappa shape index (κ2) is 11.8. The number of hydrazine groups is 1. The van der Waals surface area contributed by atoms with Crippen LogP contribution in [0.2, 0.25) is 0 Å². The lowest BCUT2D eigenvalue weighted by Crippen LogP contribution is -2.61. The fraction of sp³-hybridized carbons (Fsp3) is 0.500. The van der Waals surface area contributed by atoms with Gasteiger partial charge in [-0.1, -0.05) is 44.2 Å². The molecule has 4 rings (SSSR count). The summed E-state index contributed by atoms with van der Waals surface area (Å²) in [5, 5.41) is 8.03. The molecule has 10 nitrogen and oxygen atoms in total. The Bertz CT molecular complexity index is 1340. The number of benzene rings is 1. The van der Waals surface area contributed by atoms with Crippen LogP contribution >= 0.6 is 0 Å². The lowest BCUT2D eigenvalue weighted by molar-refractivity contribution is -0.165. The van der Waals surface area contributed by atoms with Crippen LogP contribution in [0.4, 0.5) is 0 Å². The van der Waals surface area contributed by atoms with Gasteiger partial charge in [0.2, 0.25) is 5.91 Å². The van der Waals surface area contributed by atoms with Crippen molar-refractivity contribution < 1.29 is 23.9 Å². The van der Waals surface area contributed by atoms with Crippen molar-refractivity contribution >= 4 is 40.7 Å². The summed E-state index contributed by atoms with van der Waals surface area (Å²) in [5.41, 5.74) is 4.30. The van der Waals surface area contributed by atoms with Gasteiger partial charge >= 0.3 is 5.97 Å². The van der Waals surface area contributed by atoms with E-state index >= 15 is 0 Å². The van der Waals surface area contributed by atoms with E-state index in [9.17, 15) is 19.2 Å². The van der Waals surface area contributed by atoms with Crippen molar-refractivity contribution in [2.75, 3.05) is 6.54 Å². The standard InChI is InChI=1S/C30H39N5O5/c1-17(2)25-27(37)32-19(4)28(38)35-15-7-8-23(34-35)26(36)31-18(3)22-12-11-21-10-9-20(16-24(21)33-22)13-14-30(5,6)29(39)40-25/h9-14,16-19,23,25,34H,7-8,15H2,1-6H3,(H,31,36)(H,32,37)/b14-13-/t18-,19+,23+,25+/m1/s1. The van der Waals surface area contributed by atoms with Crippen molar-refractivity contribution in [2.24, 2.45) is 11.3 Å². The first-order valence-corrected chi connectivity index (χ1v) is 13.8. The maximum Gasteiger partial charge on any atom is 0.316 e. The van der Waals surface area contributed by atoms with E-state index in [1.54, 1.807) is 40.7 Å². The summed E-state index contributed by atoms with van der Waals surface area (Å²) in [5.74, 6) is -2.04. The number of amides is 3. The Morgan fingerprint density at radius 3 is 2.42 bits per heavy atom. The van der Waals surface area contributed by atoms with Crippen molar-refractivity contribution in [3.63, 3.8) is 0 Å². The summed E-state index contributed by atoms with van der Waals surface area (Å²) in [6.07, 6.45) is 3.67. The van der Waals surface area contributed by atoms with Crippen molar-refractivity contribution in [2.45, 2.75) is 78.6 Å². The lowest BCUT2D eigenvalue weighted by atomic mass is 9.92. The second-order valence-corrected chi connectivity index (χ2v) is 11.6. The Balaban J connectivity index is 1.70. The second-order valence-electron chi connectivity index (χ2n) is 11.6. The minimum Gasteiger partial charge on any atom is -0.451 e. The molecule has 0 radical (unpaired) electrons. The number of nitrogens with zero attached hydrogens (tertiary/aromatic N) is 2. The molecule has 10 heteroatoms. The van der Waals surface area contributed by atoms with Gasteiger partial charge in [-0.25, -0.2) is 5.43 Å². The number of carbonyl (C=O) groups is 4. The first kappa shape index (κ1) is 29.2. The van der Waals surface area contributed by atoms with E-state index in [0.717, 1.165) is 16.5 Å². The van der Waals surface area contributed by atoms with E-state index in [1.807, 2.05) is 43.3 Å². The predicted octanol–water partition coefficient (Wildman–Crippen LogP) is 3.03. The van der Waals surface area contributed by atoms with Crippen LogP contribution in [0, 0.1) is 11.3 Å². The van der Waals surface area contributed by atoms with Gasteiger partial charge in [0.15, 0.2) is 6.10 Å². The van der Waals surface area contributed by atoms with Gasteiger partial charge in [0.1, 0.15) is 12.1 Å². The Hall–Kier alpha value is -3.79. The number of rotatable bonds is 1. The molecule has 1 fully saturated rings. The number of hydrogen-bond donors (Lipinski definition) is 3. The highest BCUT2D eigenvalue weighted by molar-refractivity contribution is 5.91. The molecule has 0 spiro atoms. The molecule has 3 amide bonds. The molecule has 214 valence electrons. The van der Waals surface area contributed by atoms with Crippen LogP contribution in [0.15, 0.2) is 36.4 Å². The molecule has 5 bridgehead atoms. The van der Waals surface area contributed by atoms with Crippen molar-refractivity contribution in [3.05, 3.63) is 47.7 Å². The number of fused-ring (bicyclic) bond motifs is 4. The third-order valence-electron chi connectivity index (χ3n) is 7.35. The first-order chi connectivity index (χ1) is 18.9. The molecule has 1 aromatic carbocycles. The highest BCUT2D eigenvalue weighted by Crippen LogP contribution is 2.25. The molecule has 2 aromatic rings. The zero-order chi connectivity index (χ0) is 29.2. The first-order valence-electron chi connectivity index (χ1n) is 13.8. The molecule has 3 heterocycles. The number of nitrogens with one attached hydrogen (secondary N) is 3. The number of esters is 1. The average Bonchev–Trinajstić information content (AvgIpc) is 2.92. The normalized spacial score (nSPS) is 27.2. The van der Waals surface area contributed by atoms with Crippen LogP contribution in [0.25, 0.3) is 17.0 Å². The largest absolute Gasteiger partial charge is 0.451 e. The van der Waals surface area contributed by atoms with Crippen LogP contribution in [-0.4, -0.2) is 58.4 Å². The third kappa shape index (κ3) is 6.50. The molecular formula is C30H39N5O5. The van der Waals surface area contributed by atoms with E-state index in [-0.39, 0.29) is 23.8 Å². The minimum absolute atomic E-state index is 0.236. The Labute approximate surface area is 234 Å². The van der Waals surface area contributed by atoms with Gasteiger partial charge in [0.25, 0.3) is 11.8 Å². The summed E-state index contributed by atoms with van der Waals surface area (Å²) >= 11 is 0. The van der Waals surface area contributed by atoms with Gasteiger partial charge in [-0.3, -0.25) is 29.2 Å². The van der Waals surface area contributed by atoms with Crippen LogP contribution < -0.4 is 16.1 Å². The number of carbonyl (C=O) groups excluding carboxylic acids is 4. The van der Waals surface area contributed by atoms with Gasteiger partial charge in [-0.05, 0) is 64.2 Å². The Morgan fingerprint density at radius 1 is 1.00 bits per heavy atom. The summed E-state index contributed by atoms with van der Waals surface area (Å²) < 4.78 is 5.70. The predicted molar refractivity (Wildman–Crippen MR) is 151 cm³/mol. The Kier molecular flexibility index (Phi) is 8.58. The van der Waals surface area contributed by atoms with Crippen molar-refractivity contribution in [3.8, 4) is 0 Å². The molecule has 1 aromatic heterocycles. The molecule has 40 heavy (non-hydrogen) atoms. The number of cyclic esters (lactones) is 1. The fourth-order valence-corrected chi connectivity index (χ4v) is 4.74. The molecule has 1 saturated heterocycles. The number of pyridine rings is 1. The zero-order valence-corrected chi connectivity index (χ0v) is 24.0. The number of hydrogen-bond acceptors (Lipinski definition) is 7. The average molecular weight is 550 g/mol. The molecule has 0 aliphatic carbocycles. The quantitative estimate of drug-likeness (QED) is 0.466. The maximum atomic E-state index is 13.2. The number of aromatic nitrogens is 1. The molecule has 2 aliphatic heterocycles. The summed E-state index contributed by atoms with van der Waals surface area (Å²) in [6, 6.07) is 7.78. The lowest BCUT2D eigenvalue weighted by Gasteiger charge is -2.35. The smallest absolute Gasteiger partial charge is 0.316 e. The SMILES string of the molecule is CC(C)[C@@H]1OC(=O)C(C)(C)/C=C\c2ccc3ccc(nc3c2)[C@@H](C)NC(=O)[C@@H]2CCCN(N2)C(=O)[C@H](C)NC1=O. The van der Waals surface area contributed by atoms with Crippen LogP contribution in [0.1, 0.15) is 71.7 Å². The van der Waals surface area contributed by atoms with Gasteiger partial charge in [-0.15, -0.1) is 0 Å². The third-order valence-corrected chi connectivity index (χ3v) is 7.35. The van der Waals surface area contributed by atoms with Crippen molar-refractivity contribution in [1.29, 1.82) is 0 Å². The molecule has 4 atom stereocenters. The van der Waals surface area contributed by atoms with Crippen molar-refractivity contribution in [1.82, 2.24) is 26.1 Å². The van der Waals surface area contributed by atoms with Gasteiger partial charge < -0.3 is 15.4 Å². The fourth-order valence-electron chi connectivity index (χ4n) is 4.74. The summed E-state index contributed by atoms with van der Waals surface area (Å²) in [6.45, 7) is 10.9. The highest BCUT2D eigenvalue weighted by Gasteiger charge is 2.36. The van der Waals surface area contributed by atoms with Crippen LogP contribution in [-0.2, 0) is 23.9 Å². The van der Waals surface area contributed by atoms with E-state index in [4.69, 9.17) is 9.72 Å². The highest BCUT2D eigenvalue weighted by atomic mass is 16.5. The van der Waals surface area contributed by atoms with E-state index in [0.29, 0.717) is 25.1 Å². The summed E-state index contributed by atoms with van der Waals surface area (Å²) in [4.78, 5) is 57.5. The number of ether oxygens (including phenoxy) is 1. The van der Waals surface area contributed by atoms with Gasteiger partial charge in [0.05, 0.1) is 22.7 Å². The molecule has 2 aliphatic rings. The van der Waals surface area contributed by atoms with Gasteiger partial charge in [-0.2, -0.15) is 0 Å². The molecule has 0 saturated carbocycles. The van der Waals surface area contributed by atoms with E-state index in [2.05, 4.69) is 16.1 Å². The maximum absolute atomic E-state index is 13.2. The monoisotopic (exact) mass is 549 g/mol. The van der Waals surface area contributed by atoms with Crippen LogP contribution in [0.5, 0.6) is 0 Å². The minimum atomic E-state index is -1.08. The van der Waals surface area contributed by atoms with Gasteiger partial charge in [0, 0.05) is 11.9 Å². The van der Waals surface area contributed by atoms with Crippen LogP contribution in [0.3, 0.4) is 0 Å². The molecule has 0 unspecified atom stereocenters. The van der Waals surface area contributed by atoms with E-state index < -0.39 is 35.5 Å². The summed E-state index contributed by atoms with van der Waals surface area (Å²) in [7, 11) is 0. The molecule has 3 N–H and O–H groups in total. The Morgan fingerprint density at radius 2 is 1.70 bits per heavy atom. The van der Waals surface area contributed by atoms with E-state index in [1.165, 1.54) is 5.01 Å². The molecular weight excluding hydrogens is 510 g/mol. The zero-order valence-electron chi connectivity index (χ0n) is 24.0. The topological polar surface area (TPSA) is 130 Å².